The summed E-state index contributed by atoms with van der Waals surface area (Å²) in [6.45, 7) is 2.13. The molecule has 1 aliphatic rings. The van der Waals surface area contributed by atoms with Crippen molar-refractivity contribution in [1.29, 1.82) is 0 Å². The molecule has 1 fully saturated rings. The van der Waals surface area contributed by atoms with Crippen LogP contribution in [0.15, 0.2) is 42.9 Å². The number of fused-ring (bicyclic) bond motifs is 1. The molecule has 1 saturated carbocycles. The molecule has 4 aromatic rings. The highest BCUT2D eigenvalue weighted by Crippen LogP contribution is 2.39. The van der Waals surface area contributed by atoms with Crippen LogP contribution in [0.25, 0.3) is 11.0 Å². The Morgan fingerprint density at radius 1 is 1.14 bits per heavy atom. The molecule has 1 atom stereocenters. The van der Waals surface area contributed by atoms with Crippen molar-refractivity contribution in [2.24, 2.45) is 0 Å². The number of nitrogens with zero attached hydrogens (tertiary/aromatic N) is 5. The van der Waals surface area contributed by atoms with Gasteiger partial charge < -0.3 is 15.2 Å². The topological polar surface area (TPSA) is 98.4 Å². The van der Waals surface area contributed by atoms with Crippen LogP contribution in [0.2, 0.25) is 0 Å². The van der Waals surface area contributed by atoms with E-state index in [0.29, 0.717) is 11.9 Å². The first kappa shape index (κ1) is 16.7. The standard InChI is InChI=1S/C20H22N8/c1-12(14-5-6-15-17(9-14)23-11-22-15)28(2)20-21-8-7-18(25-20)24-19-10-16(26-27-19)13-3-4-13/h5-13H,3-4H2,1-2H3,(H,22,23)(H2,21,24,25,26,27). The summed E-state index contributed by atoms with van der Waals surface area (Å²) in [6.07, 6.45) is 5.96. The lowest BCUT2D eigenvalue weighted by Crippen LogP contribution is -2.23. The third-order valence-electron chi connectivity index (χ3n) is 5.34. The van der Waals surface area contributed by atoms with Crippen molar-refractivity contribution in [3.05, 3.63) is 54.1 Å². The van der Waals surface area contributed by atoms with Gasteiger partial charge in [0, 0.05) is 30.9 Å². The van der Waals surface area contributed by atoms with Gasteiger partial charge in [-0.15, -0.1) is 0 Å². The fourth-order valence-electron chi connectivity index (χ4n) is 3.33. The molecule has 0 amide bonds. The zero-order valence-corrected chi connectivity index (χ0v) is 15.8. The second-order valence-corrected chi connectivity index (χ2v) is 7.32. The molecule has 1 aliphatic carbocycles. The number of anilines is 3. The molecule has 1 aromatic carbocycles. The highest BCUT2D eigenvalue weighted by Gasteiger charge is 2.25. The molecule has 8 nitrogen and oxygen atoms in total. The molecule has 0 radical (unpaired) electrons. The van der Waals surface area contributed by atoms with Gasteiger partial charge >= 0.3 is 0 Å². The van der Waals surface area contributed by atoms with E-state index < -0.39 is 0 Å². The van der Waals surface area contributed by atoms with Crippen molar-refractivity contribution in [3.63, 3.8) is 0 Å². The van der Waals surface area contributed by atoms with E-state index in [9.17, 15) is 0 Å². The maximum absolute atomic E-state index is 4.66. The van der Waals surface area contributed by atoms with Crippen LogP contribution < -0.4 is 10.2 Å². The van der Waals surface area contributed by atoms with Crippen LogP contribution in [0.4, 0.5) is 17.6 Å². The maximum Gasteiger partial charge on any atom is 0.227 e. The summed E-state index contributed by atoms with van der Waals surface area (Å²) in [5.41, 5.74) is 4.34. The van der Waals surface area contributed by atoms with Crippen molar-refractivity contribution in [1.82, 2.24) is 30.1 Å². The van der Waals surface area contributed by atoms with E-state index >= 15 is 0 Å². The molecular formula is C20H22N8. The highest BCUT2D eigenvalue weighted by molar-refractivity contribution is 5.75. The smallest absolute Gasteiger partial charge is 0.227 e. The van der Waals surface area contributed by atoms with E-state index in [1.54, 1.807) is 12.5 Å². The van der Waals surface area contributed by atoms with Gasteiger partial charge in [-0.2, -0.15) is 10.1 Å². The maximum atomic E-state index is 4.66. The van der Waals surface area contributed by atoms with E-state index in [-0.39, 0.29) is 6.04 Å². The lowest BCUT2D eigenvalue weighted by atomic mass is 10.1. The van der Waals surface area contributed by atoms with Gasteiger partial charge in [-0.1, -0.05) is 6.07 Å². The Morgan fingerprint density at radius 3 is 2.89 bits per heavy atom. The summed E-state index contributed by atoms with van der Waals surface area (Å²) in [6, 6.07) is 10.3. The van der Waals surface area contributed by atoms with Gasteiger partial charge in [0.15, 0.2) is 5.82 Å². The lowest BCUT2D eigenvalue weighted by molar-refractivity contribution is 0.716. The van der Waals surface area contributed by atoms with E-state index in [0.717, 1.165) is 28.2 Å². The zero-order valence-electron chi connectivity index (χ0n) is 15.8. The molecule has 142 valence electrons. The summed E-state index contributed by atoms with van der Waals surface area (Å²) in [5, 5.41) is 10.7. The number of benzene rings is 1. The van der Waals surface area contributed by atoms with Crippen LogP contribution in [0.1, 0.15) is 43.0 Å². The number of aromatic amines is 2. The lowest BCUT2D eigenvalue weighted by Gasteiger charge is -2.25. The Labute approximate surface area is 162 Å². The average molecular weight is 374 g/mol. The van der Waals surface area contributed by atoms with Crippen molar-refractivity contribution in [3.8, 4) is 0 Å². The SMILES string of the molecule is CC(c1ccc2[nH]cnc2c1)N(C)c1nccc(Nc2cc(C3CC3)[nH]n2)n1. The molecule has 28 heavy (non-hydrogen) atoms. The van der Waals surface area contributed by atoms with Gasteiger partial charge in [0.1, 0.15) is 5.82 Å². The predicted molar refractivity (Wildman–Crippen MR) is 109 cm³/mol. The number of nitrogens with one attached hydrogen (secondary N) is 3. The second kappa shape index (κ2) is 6.63. The Morgan fingerprint density at radius 2 is 2.04 bits per heavy atom. The number of imidazole rings is 1. The second-order valence-electron chi connectivity index (χ2n) is 7.32. The first-order valence-corrected chi connectivity index (χ1v) is 9.48. The minimum atomic E-state index is 0.100. The molecule has 3 heterocycles. The third-order valence-corrected chi connectivity index (χ3v) is 5.34. The fourth-order valence-corrected chi connectivity index (χ4v) is 3.33. The van der Waals surface area contributed by atoms with Crippen LogP contribution in [0.3, 0.4) is 0 Å². The molecular weight excluding hydrogens is 352 g/mol. The number of hydrogen-bond acceptors (Lipinski definition) is 6. The number of aromatic nitrogens is 6. The molecule has 3 aromatic heterocycles. The average Bonchev–Trinajstić information content (AvgIpc) is 3.28. The molecule has 0 spiro atoms. The summed E-state index contributed by atoms with van der Waals surface area (Å²) >= 11 is 0. The number of H-pyrrole nitrogens is 2. The Bertz CT molecular complexity index is 1110. The van der Waals surface area contributed by atoms with Crippen molar-refractivity contribution in [2.75, 3.05) is 17.3 Å². The van der Waals surface area contributed by atoms with E-state index in [4.69, 9.17) is 0 Å². The molecule has 3 N–H and O–H groups in total. The van der Waals surface area contributed by atoms with Gasteiger partial charge in [-0.3, -0.25) is 5.10 Å². The first-order chi connectivity index (χ1) is 13.7. The monoisotopic (exact) mass is 374 g/mol. The van der Waals surface area contributed by atoms with E-state index in [1.807, 2.05) is 13.1 Å². The zero-order chi connectivity index (χ0) is 19.1. The van der Waals surface area contributed by atoms with Crippen LogP contribution in [-0.4, -0.2) is 37.2 Å². The van der Waals surface area contributed by atoms with Crippen LogP contribution in [0, 0.1) is 0 Å². The van der Waals surface area contributed by atoms with Crippen molar-refractivity contribution in [2.45, 2.75) is 31.7 Å². The quantitative estimate of drug-likeness (QED) is 0.473. The van der Waals surface area contributed by atoms with Gasteiger partial charge in [0.25, 0.3) is 0 Å². The minimum Gasteiger partial charge on any atom is -0.345 e. The number of rotatable bonds is 6. The highest BCUT2D eigenvalue weighted by atomic mass is 15.3. The van der Waals surface area contributed by atoms with Crippen molar-refractivity contribution >= 4 is 28.6 Å². The molecule has 8 heteroatoms. The molecule has 1 unspecified atom stereocenters. The molecule has 0 saturated heterocycles. The fraction of sp³-hybridized carbons (Fsp3) is 0.300. The summed E-state index contributed by atoms with van der Waals surface area (Å²) in [4.78, 5) is 18.6. The Hall–Kier alpha value is -3.42. The molecule has 0 bridgehead atoms. The van der Waals surface area contributed by atoms with Crippen molar-refractivity contribution < 1.29 is 0 Å². The predicted octanol–water partition coefficient (Wildman–Crippen LogP) is 3.89. The van der Waals surface area contributed by atoms with Crippen LogP contribution in [0.5, 0.6) is 0 Å². The number of hydrogen-bond donors (Lipinski definition) is 3. The van der Waals surface area contributed by atoms with E-state index in [2.05, 4.69) is 71.5 Å². The van der Waals surface area contributed by atoms with Crippen LogP contribution >= 0.6 is 0 Å². The molecule has 5 rings (SSSR count). The van der Waals surface area contributed by atoms with E-state index in [1.165, 1.54) is 18.5 Å². The molecule has 0 aliphatic heterocycles. The summed E-state index contributed by atoms with van der Waals surface area (Å²) in [5.74, 6) is 2.80. The largest absolute Gasteiger partial charge is 0.345 e. The summed E-state index contributed by atoms with van der Waals surface area (Å²) in [7, 11) is 2.00. The van der Waals surface area contributed by atoms with Gasteiger partial charge in [0.05, 0.1) is 23.4 Å². The van der Waals surface area contributed by atoms with Gasteiger partial charge in [0.2, 0.25) is 5.95 Å². The Balaban J connectivity index is 1.35. The van der Waals surface area contributed by atoms with Gasteiger partial charge in [-0.25, -0.2) is 9.97 Å². The minimum absolute atomic E-state index is 0.100. The Kier molecular flexibility index (Phi) is 3.96. The summed E-state index contributed by atoms with van der Waals surface area (Å²) < 4.78 is 0. The van der Waals surface area contributed by atoms with Gasteiger partial charge in [-0.05, 0) is 43.5 Å². The van der Waals surface area contributed by atoms with Crippen LogP contribution in [-0.2, 0) is 0 Å². The first-order valence-electron chi connectivity index (χ1n) is 9.48. The third kappa shape index (κ3) is 3.17. The normalized spacial score (nSPS) is 14.9.